The SMILES string of the molecule is CS(=O)(=O)c1nccc(-n2cnc3cc(-c4ccncc4)ccc32)n1. The molecule has 0 radical (unpaired) electrons. The summed E-state index contributed by atoms with van der Waals surface area (Å²) in [6.07, 6.45) is 7.61. The molecule has 0 bridgehead atoms. The van der Waals surface area contributed by atoms with Crippen LogP contribution in [0.5, 0.6) is 0 Å². The van der Waals surface area contributed by atoms with Gasteiger partial charge in [0.25, 0.3) is 0 Å². The lowest BCUT2D eigenvalue weighted by atomic mass is 10.1. The Hall–Kier alpha value is -3.13. The fraction of sp³-hybridized carbons (Fsp3) is 0.0588. The molecule has 4 aromatic rings. The molecular formula is C17H13N5O2S. The van der Waals surface area contributed by atoms with E-state index in [9.17, 15) is 8.42 Å². The Kier molecular flexibility index (Phi) is 3.54. The lowest BCUT2D eigenvalue weighted by Gasteiger charge is -2.05. The Balaban J connectivity index is 1.83. The summed E-state index contributed by atoms with van der Waals surface area (Å²) in [6.45, 7) is 0. The van der Waals surface area contributed by atoms with Gasteiger partial charge in [-0.05, 0) is 41.5 Å². The molecule has 0 aliphatic heterocycles. The number of aromatic nitrogens is 5. The number of imidazole rings is 1. The maximum Gasteiger partial charge on any atom is 0.248 e. The van der Waals surface area contributed by atoms with Crippen LogP contribution in [0, 0.1) is 0 Å². The molecule has 0 amide bonds. The predicted octanol–water partition coefficient (Wildman–Crippen LogP) is 2.28. The highest BCUT2D eigenvalue weighted by atomic mass is 32.2. The van der Waals surface area contributed by atoms with Gasteiger partial charge in [-0.15, -0.1) is 0 Å². The van der Waals surface area contributed by atoms with Crippen molar-refractivity contribution >= 4 is 20.9 Å². The molecular weight excluding hydrogens is 338 g/mol. The molecule has 0 N–H and O–H groups in total. The molecule has 0 unspecified atom stereocenters. The van der Waals surface area contributed by atoms with Gasteiger partial charge in [-0.1, -0.05) is 6.07 Å². The smallest absolute Gasteiger partial charge is 0.248 e. The van der Waals surface area contributed by atoms with Crippen molar-refractivity contribution in [2.24, 2.45) is 0 Å². The van der Waals surface area contributed by atoms with Crippen LogP contribution in [-0.2, 0) is 9.84 Å². The van der Waals surface area contributed by atoms with E-state index in [-0.39, 0.29) is 5.16 Å². The summed E-state index contributed by atoms with van der Waals surface area (Å²) < 4.78 is 25.1. The summed E-state index contributed by atoms with van der Waals surface area (Å²) in [4.78, 5) is 16.4. The second-order valence-electron chi connectivity index (χ2n) is 5.52. The molecule has 0 spiro atoms. The van der Waals surface area contributed by atoms with Gasteiger partial charge >= 0.3 is 0 Å². The first kappa shape index (κ1) is 15.4. The number of fused-ring (bicyclic) bond motifs is 1. The van der Waals surface area contributed by atoms with Crippen molar-refractivity contribution in [3.05, 3.63) is 61.3 Å². The van der Waals surface area contributed by atoms with E-state index >= 15 is 0 Å². The normalized spacial score (nSPS) is 11.7. The maximum atomic E-state index is 11.7. The number of sulfone groups is 1. The monoisotopic (exact) mass is 351 g/mol. The number of rotatable bonds is 3. The largest absolute Gasteiger partial charge is 0.283 e. The Morgan fingerprint density at radius 3 is 2.48 bits per heavy atom. The molecule has 0 aliphatic carbocycles. The fourth-order valence-electron chi connectivity index (χ4n) is 2.56. The number of hydrogen-bond acceptors (Lipinski definition) is 6. The van der Waals surface area contributed by atoms with Gasteiger partial charge in [0.1, 0.15) is 12.1 Å². The van der Waals surface area contributed by atoms with E-state index in [1.54, 1.807) is 29.4 Å². The van der Waals surface area contributed by atoms with Crippen molar-refractivity contribution in [2.45, 2.75) is 5.16 Å². The summed E-state index contributed by atoms with van der Waals surface area (Å²) in [5.41, 5.74) is 3.69. The maximum absolute atomic E-state index is 11.7. The molecule has 8 heteroatoms. The van der Waals surface area contributed by atoms with Gasteiger partial charge in [-0.2, -0.15) is 0 Å². The first-order chi connectivity index (χ1) is 12.0. The summed E-state index contributed by atoms with van der Waals surface area (Å²) in [6, 6.07) is 11.4. The van der Waals surface area contributed by atoms with E-state index in [0.717, 1.165) is 28.4 Å². The highest BCUT2D eigenvalue weighted by Gasteiger charge is 2.13. The second kappa shape index (κ2) is 5.75. The first-order valence-electron chi connectivity index (χ1n) is 7.43. The predicted molar refractivity (Wildman–Crippen MR) is 93.0 cm³/mol. The average molecular weight is 351 g/mol. The Bertz CT molecular complexity index is 1170. The fourth-order valence-corrected chi connectivity index (χ4v) is 3.08. The third kappa shape index (κ3) is 2.87. The molecule has 3 heterocycles. The van der Waals surface area contributed by atoms with Crippen molar-refractivity contribution in [1.82, 2.24) is 24.5 Å². The molecule has 0 saturated carbocycles. The van der Waals surface area contributed by atoms with Crippen LogP contribution in [0.4, 0.5) is 0 Å². The molecule has 124 valence electrons. The lowest BCUT2D eigenvalue weighted by Crippen LogP contribution is -2.06. The van der Waals surface area contributed by atoms with Crippen molar-refractivity contribution in [1.29, 1.82) is 0 Å². The second-order valence-corrected chi connectivity index (χ2v) is 7.43. The highest BCUT2D eigenvalue weighted by Crippen LogP contribution is 2.24. The molecule has 0 fully saturated rings. The van der Waals surface area contributed by atoms with Gasteiger partial charge in [0.2, 0.25) is 15.0 Å². The third-order valence-corrected chi connectivity index (χ3v) is 4.62. The summed E-state index contributed by atoms with van der Waals surface area (Å²) in [7, 11) is -3.47. The number of hydrogen-bond donors (Lipinski definition) is 0. The van der Waals surface area contributed by atoms with Gasteiger partial charge < -0.3 is 0 Å². The molecule has 0 saturated heterocycles. The van der Waals surface area contributed by atoms with Crippen LogP contribution in [0.3, 0.4) is 0 Å². The lowest BCUT2D eigenvalue weighted by molar-refractivity contribution is 0.592. The third-order valence-electron chi connectivity index (χ3n) is 3.76. The molecule has 0 atom stereocenters. The van der Waals surface area contributed by atoms with Crippen LogP contribution >= 0.6 is 0 Å². The molecule has 7 nitrogen and oxygen atoms in total. The minimum atomic E-state index is -3.47. The van der Waals surface area contributed by atoms with Crippen LogP contribution < -0.4 is 0 Å². The number of nitrogens with zero attached hydrogens (tertiary/aromatic N) is 5. The average Bonchev–Trinajstić information content (AvgIpc) is 3.05. The van der Waals surface area contributed by atoms with Crippen LogP contribution in [0.1, 0.15) is 0 Å². The first-order valence-corrected chi connectivity index (χ1v) is 9.32. The Morgan fingerprint density at radius 1 is 0.920 bits per heavy atom. The van der Waals surface area contributed by atoms with E-state index in [1.807, 2.05) is 30.3 Å². The summed E-state index contributed by atoms with van der Waals surface area (Å²) in [5.74, 6) is 0.453. The van der Waals surface area contributed by atoms with Gasteiger partial charge in [-0.25, -0.2) is 23.4 Å². The zero-order valence-electron chi connectivity index (χ0n) is 13.2. The molecule has 1 aromatic carbocycles. The van der Waals surface area contributed by atoms with Crippen LogP contribution in [0.15, 0.2) is 66.5 Å². The quantitative estimate of drug-likeness (QED) is 0.526. The van der Waals surface area contributed by atoms with E-state index in [0.29, 0.717) is 5.82 Å². The zero-order chi connectivity index (χ0) is 17.4. The summed E-state index contributed by atoms with van der Waals surface area (Å²) >= 11 is 0. The van der Waals surface area contributed by atoms with Crippen molar-refractivity contribution in [2.75, 3.05) is 6.26 Å². The number of benzene rings is 1. The molecule has 3 aromatic heterocycles. The Morgan fingerprint density at radius 2 is 1.72 bits per heavy atom. The van der Waals surface area contributed by atoms with Crippen molar-refractivity contribution < 1.29 is 8.42 Å². The van der Waals surface area contributed by atoms with Gasteiger partial charge in [0, 0.05) is 24.8 Å². The van der Waals surface area contributed by atoms with Crippen molar-refractivity contribution in [3.8, 4) is 16.9 Å². The van der Waals surface area contributed by atoms with E-state index in [2.05, 4.69) is 19.9 Å². The van der Waals surface area contributed by atoms with Crippen LogP contribution in [0.2, 0.25) is 0 Å². The standard InChI is InChI=1S/C17H13N5O2S/c1-25(23,24)17-19-9-6-16(21-17)22-11-20-14-10-13(2-3-15(14)22)12-4-7-18-8-5-12/h2-11H,1H3. The van der Waals surface area contributed by atoms with Gasteiger partial charge in [-0.3, -0.25) is 9.55 Å². The molecule has 0 aliphatic rings. The van der Waals surface area contributed by atoms with E-state index in [4.69, 9.17) is 0 Å². The molecule has 25 heavy (non-hydrogen) atoms. The molecule has 4 rings (SSSR count). The van der Waals surface area contributed by atoms with Gasteiger partial charge in [0.15, 0.2) is 0 Å². The summed E-state index contributed by atoms with van der Waals surface area (Å²) in [5, 5.41) is -0.208. The van der Waals surface area contributed by atoms with E-state index < -0.39 is 9.84 Å². The van der Waals surface area contributed by atoms with Gasteiger partial charge in [0.05, 0.1) is 11.0 Å². The van der Waals surface area contributed by atoms with Crippen LogP contribution in [0.25, 0.3) is 28.0 Å². The topological polar surface area (TPSA) is 90.6 Å². The minimum Gasteiger partial charge on any atom is -0.283 e. The van der Waals surface area contributed by atoms with E-state index in [1.165, 1.54) is 6.20 Å². The Labute approximate surface area is 144 Å². The van der Waals surface area contributed by atoms with Crippen LogP contribution in [-0.4, -0.2) is 39.2 Å². The van der Waals surface area contributed by atoms with Crippen molar-refractivity contribution in [3.63, 3.8) is 0 Å². The zero-order valence-corrected chi connectivity index (χ0v) is 14.1. The minimum absolute atomic E-state index is 0.208. The number of pyridine rings is 1. The highest BCUT2D eigenvalue weighted by molar-refractivity contribution is 7.90.